The predicted molar refractivity (Wildman–Crippen MR) is 90.4 cm³/mol. The molecule has 1 aromatic rings. The largest absolute Gasteiger partial charge is 0.445 e. The molecule has 1 atom stereocenters. The molecule has 2 aliphatic heterocycles. The maximum Gasteiger partial charge on any atom is 0.410 e. The molecule has 1 unspecified atom stereocenters. The van der Waals surface area contributed by atoms with Crippen LogP contribution in [0.4, 0.5) is 4.79 Å². The summed E-state index contributed by atoms with van der Waals surface area (Å²) in [4.78, 5) is 28.8. The highest BCUT2D eigenvalue weighted by Gasteiger charge is 2.35. The summed E-state index contributed by atoms with van der Waals surface area (Å²) in [5.74, 6) is 0.0628. The van der Waals surface area contributed by atoms with Gasteiger partial charge in [-0.1, -0.05) is 30.3 Å². The van der Waals surface area contributed by atoms with Crippen molar-refractivity contribution in [3.63, 3.8) is 0 Å². The summed E-state index contributed by atoms with van der Waals surface area (Å²) in [5, 5.41) is 3.25. The van der Waals surface area contributed by atoms with Crippen molar-refractivity contribution in [3.05, 3.63) is 35.9 Å². The van der Waals surface area contributed by atoms with Gasteiger partial charge in [0.15, 0.2) is 0 Å². The number of rotatable bonds is 3. The molecule has 2 amide bonds. The van der Waals surface area contributed by atoms with E-state index in [0.717, 1.165) is 37.9 Å². The lowest BCUT2D eigenvalue weighted by Crippen LogP contribution is -2.56. The summed E-state index contributed by atoms with van der Waals surface area (Å²) in [6.07, 6.45) is 2.24. The summed E-state index contributed by atoms with van der Waals surface area (Å²) in [6, 6.07) is 9.24. The fourth-order valence-corrected chi connectivity index (χ4v) is 3.31. The molecule has 24 heavy (non-hydrogen) atoms. The van der Waals surface area contributed by atoms with E-state index in [4.69, 9.17) is 4.74 Å². The van der Waals surface area contributed by atoms with Crippen LogP contribution in [0.5, 0.6) is 0 Å². The highest BCUT2D eigenvalue weighted by atomic mass is 16.6. The molecular weight excluding hydrogens is 306 g/mol. The van der Waals surface area contributed by atoms with Crippen molar-refractivity contribution in [2.45, 2.75) is 31.9 Å². The van der Waals surface area contributed by atoms with Crippen LogP contribution in [-0.2, 0) is 16.1 Å². The molecule has 0 bridgehead atoms. The standard InChI is InChI=1S/C18H25N3O3/c22-17(20-12-9-19-10-13-20)16-8-4-5-11-21(16)18(23)24-14-15-6-2-1-3-7-15/h1-3,6-7,16,19H,4-5,8-14H2. The summed E-state index contributed by atoms with van der Waals surface area (Å²) in [5.41, 5.74) is 0.952. The minimum absolute atomic E-state index is 0.0628. The van der Waals surface area contributed by atoms with E-state index in [9.17, 15) is 9.59 Å². The van der Waals surface area contributed by atoms with Gasteiger partial charge in [0.05, 0.1) is 0 Å². The number of piperidine rings is 1. The fourth-order valence-electron chi connectivity index (χ4n) is 3.31. The van der Waals surface area contributed by atoms with Gasteiger partial charge >= 0.3 is 6.09 Å². The number of nitrogens with one attached hydrogen (secondary N) is 1. The van der Waals surface area contributed by atoms with Gasteiger partial charge in [0.25, 0.3) is 0 Å². The minimum atomic E-state index is -0.382. The molecular formula is C18H25N3O3. The molecule has 0 saturated carbocycles. The summed E-state index contributed by atoms with van der Waals surface area (Å²) in [6.45, 7) is 3.89. The molecule has 2 fully saturated rings. The number of hydrogen-bond acceptors (Lipinski definition) is 4. The first-order valence-corrected chi connectivity index (χ1v) is 8.72. The number of likely N-dealkylation sites (tertiary alicyclic amines) is 1. The highest BCUT2D eigenvalue weighted by Crippen LogP contribution is 2.20. The number of amides is 2. The number of piperazine rings is 1. The third-order valence-corrected chi connectivity index (χ3v) is 4.66. The SMILES string of the molecule is O=C(C1CCCCN1C(=O)OCc1ccccc1)N1CCNCC1. The van der Waals surface area contributed by atoms with Crippen molar-refractivity contribution in [3.8, 4) is 0 Å². The summed E-state index contributed by atoms with van der Waals surface area (Å²) < 4.78 is 5.44. The lowest BCUT2D eigenvalue weighted by molar-refractivity contribution is -0.138. The average molecular weight is 331 g/mol. The van der Waals surface area contributed by atoms with Crippen molar-refractivity contribution in [1.29, 1.82) is 0 Å². The van der Waals surface area contributed by atoms with E-state index in [0.29, 0.717) is 19.6 Å². The van der Waals surface area contributed by atoms with E-state index in [2.05, 4.69) is 5.32 Å². The van der Waals surface area contributed by atoms with Crippen LogP contribution in [0.2, 0.25) is 0 Å². The number of carbonyl (C=O) groups excluding carboxylic acids is 2. The van der Waals surface area contributed by atoms with Crippen molar-refractivity contribution in [2.75, 3.05) is 32.7 Å². The van der Waals surface area contributed by atoms with Crippen molar-refractivity contribution in [2.24, 2.45) is 0 Å². The second-order valence-corrected chi connectivity index (χ2v) is 6.32. The number of hydrogen-bond donors (Lipinski definition) is 1. The van der Waals surface area contributed by atoms with Crippen molar-refractivity contribution >= 4 is 12.0 Å². The second kappa shape index (κ2) is 8.15. The van der Waals surface area contributed by atoms with E-state index >= 15 is 0 Å². The Morgan fingerprint density at radius 2 is 1.83 bits per heavy atom. The molecule has 2 heterocycles. The zero-order chi connectivity index (χ0) is 16.8. The molecule has 0 radical (unpaired) electrons. The molecule has 130 valence electrons. The third kappa shape index (κ3) is 4.06. The third-order valence-electron chi connectivity index (χ3n) is 4.66. The number of ether oxygens (including phenoxy) is 1. The first-order chi connectivity index (χ1) is 11.8. The molecule has 0 aromatic heterocycles. The molecule has 3 rings (SSSR count). The fraction of sp³-hybridized carbons (Fsp3) is 0.556. The van der Waals surface area contributed by atoms with Gasteiger partial charge in [0.1, 0.15) is 12.6 Å². The van der Waals surface area contributed by atoms with E-state index < -0.39 is 0 Å². The quantitative estimate of drug-likeness (QED) is 0.914. The normalized spacial score (nSPS) is 21.4. The van der Waals surface area contributed by atoms with Crippen LogP contribution in [0.3, 0.4) is 0 Å². The monoisotopic (exact) mass is 331 g/mol. The topological polar surface area (TPSA) is 61.9 Å². The Bertz CT molecular complexity index is 558. The average Bonchev–Trinajstić information content (AvgIpc) is 2.67. The molecule has 2 aliphatic rings. The van der Waals surface area contributed by atoms with Gasteiger partial charge in [-0.25, -0.2) is 4.79 Å². The first kappa shape index (κ1) is 16.8. The number of benzene rings is 1. The molecule has 1 N–H and O–H groups in total. The van der Waals surface area contributed by atoms with Crippen LogP contribution in [0, 0.1) is 0 Å². The molecule has 6 heteroatoms. The minimum Gasteiger partial charge on any atom is -0.445 e. The Balaban J connectivity index is 1.60. The summed E-state index contributed by atoms with van der Waals surface area (Å²) >= 11 is 0. The van der Waals surface area contributed by atoms with Gasteiger partial charge in [-0.05, 0) is 24.8 Å². The Morgan fingerprint density at radius 3 is 2.58 bits per heavy atom. The van der Waals surface area contributed by atoms with Gasteiger partial charge < -0.3 is 15.0 Å². The van der Waals surface area contributed by atoms with E-state index in [1.807, 2.05) is 35.2 Å². The smallest absolute Gasteiger partial charge is 0.410 e. The maximum atomic E-state index is 12.8. The van der Waals surface area contributed by atoms with Crippen molar-refractivity contribution in [1.82, 2.24) is 15.1 Å². The molecule has 6 nitrogen and oxygen atoms in total. The lowest BCUT2D eigenvalue weighted by atomic mass is 10.0. The van der Waals surface area contributed by atoms with Gasteiger partial charge in [0, 0.05) is 32.7 Å². The van der Waals surface area contributed by atoms with E-state index in [1.54, 1.807) is 4.90 Å². The van der Waals surface area contributed by atoms with Crippen LogP contribution in [-0.4, -0.2) is 60.6 Å². The Labute approximate surface area is 142 Å². The first-order valence-electron chi connectivity index (χ1n) is 8.72. The van der Waals surface area contributed by atoms with Gasteiger partial charge in [-0.15, -0.1) is 0 Å². The lowest BCUT2D eigenvalue weighted by Gasteiger charge is -2.38. The zero-order valence-electron chi connectivity index (χ0n) is 13.9. The van der Waals surface area contributed by atoms with Crippen LogP contribution in [0.15, 0.2) is 30.3 Å². The number of carbonyl (C=O) groups is 2. The molecule has 1 aromatic carbocycles. The van der Waals surface area contributed by atoms with Crippen LogP contribution in [0.1, 0.15) is 24.8 Å². The maximum absolute atomic E-state index is 12.8. The van der Waals surface area contributed by atoms with Gasteiger partial charge in [-0.2, -0.15) is 0 Å². The van der Waals surface area contributed by atoms with Crippen LogP contribution in [0.25, 0.3) is 0 Å². The Kier molecular flexibility index (Phi) is 5.69. The Morgan fingerprint density at radius 1 is 1.08 bits per heavy atom. The van der Waals surface area contributed by atoms with Gasteiger partial charge in [-0.3, -0.25) is 9.69 Å². The zero-order valence-corrected chi connectivity index (χ0v) is 13.9. The van der Waals surface area contributed by atoms with Crippen LogP contribution < -0.4 is 5.32 Å². The Hall–Kier alpha value is -2.08. The van der Waals surface area contributed by atoms with E-state index in [1.165, 1.54) is 0 Å². The van der Waals surface area contributed by atoms with Gasteiger partial charge in [0.2, 0.25) is 5.91 Å². The molecule has 0 spiro atoms. The molecule has 0 aliphatic carbocycles. The van der Waals surface area contributed by atoms with Crippen LogP contribution >= 0.6 is 0 Å². The number of nitrogens with zero attached hydrogens (tertiary/aromatic N) is 2. The van der Waals surface area contributed by atoms with Crippen molar-refractivity contribution < 1.29 is 14.3 Å². The highest BCUT2D eigenvalue weighted by molar-refractivity contribution is 5.86. The summed E-state index contributed by atoms with van der Waals surface area (Å²) in [7, 11) is 0. The second-order valence-electron chi connectivity index (χ2n) is 6.32. The predicted octanol–water partition coefficient (Wildman–Crippen LogP) is 1.61. The van der Waals surface area contributed by atoms with E-state index in [-0.39, 0.29) is 24.6 Å². The molecule has 2 saturated heterocycles.